The Bertz CT molecular complexity index is 883. The summed E-state index contributed by atoms with van der Waals surface area (Å²) in [6, 6.07) is 4.72. The molecule has 2 N–H and O–H groups in total. The third-order valence-electron chi connectivity index (χ3n) is 5.91. The molecular formula is C29H42O5. The van der Waals surface area contributed by atoms with Crippen molar-refractivity contribution in [2.75, 3.05) is 7.11 Å². The number of phenols is 1. The number of aliphatic hydroxyl groups is 1. The molecule has 1 rings (SSSR count). The first-order valence-electron chi connectivity index (χ1n) is 11.9. The summed E-state index contributed by atoms with van der Waals surface area (Å²) in [5, 5.41) is 20.0. The highest BCUT2D eigenvalue weighted by molar-refractivity contribution is 5.73. The van der Waals surface area contributed by atoms with Crippen molar-refractivity contribution in [1.29, 1.82) is 0 Å². The first-order valence-corrected chi connectivity index (χ1v) is 11.9. The molecule has 0 unspecified atom stereocenters. The molecule has 1 aromatic carbocycles. The number of rotatable bonds is 15. The average molecular weight is 471 g/mol. The summed E-state index contributed by atoms with van der Waals surface area (Å²) in [4.78, 5) is 11.7. The van der Waals surface area contributed by atoms with E-state index in [1.54, 1.807) is 12.1 Å². The van der Waals surface area contributed by atoms with Crippen molar-refractivity contribution < 1.29 is 24.5 Å². The van der Waals surface area contributed by atoms with Gasteiger partial charge in [0.05, 0.1) is 19.6 Å². The SMILES string of the molecule is C=C[C@@](C)(CCC=C(C)CCC[C@H](C)[C@@H](O)C=CC(=C)C)Oc1ccc(O)cc1CC(=O)OC. The second-order valence-corrected chi connectivity index (χ2v) is 9.32. The van der Waals surface area contributed by atoms with Gasteiger partial charge in [0.2, 0.25) is 0 Å². The van der Waals surface area contributed by atoms with Crippen LogP contribution in [0.1, 0.15) is 65.4 Å². The zero-order valence-electron chi connectivity index (χ0n) is 21.5. The molecule has 0 radical (unpaired) electrons. The second-order valence-electron chi connectivity index (χ2n) is 9.32. The van der Waals surface area contributed by atoms with Crippen LogP contribution in [0.4, 0.5) is 0 Å². The van der Waals surface area contributed by atoms with Crippen LogP contribution in [0.5, 0.6) is 11.5 Å². The standard InChI is InChI=1S/C29H42O5/c1-8-29(6,34-27-17-15-25(30)19-24(27)20-28(32)33-7)18-10-12-22(4)11-9-13-23(5)26(31)16-14-21(2)3/h8,12,14-17,19,23,26,30-31H,1-2,9-11,13,18,20H2,3-7H3/t23-,26-,29-/m0/s1. The van der Waals surface area contributed by atoms with Gasteiger partial charge >= 0.3 is 5.97 Å². The van der Waals surface area contributed by atoms with Crippen molar-refractivity contribution in [3.63, 3.8) is 0 Å². The minimum absolute atomic E-state index is 0.0164. The van der Waals surface area contributed by atoms with Gasteiger partial charge in [0, 0.05) is 5.56 Å². The largest absolute Gasteiger partial charge is 0.508 e. The van der Waals surface area contributed by atoms with E-state index in [0.29, 0.717) is 17.7 Å². The number of aliphatic hydroxyl groups excluding tert-OH is 1. The molecule has 5 nitrogen and oxygen atoms in total. The molecular weight excluding hydrogens is 428 g/mol. The quantitative estimate of drug-likeness (QED) is 0.175. The highest BCUT2D eigenvalue weighted by Crippen LogP contribution is 2.30. The molecule has 0 bridgehead atoms. The summed E-state index contributed by atoms with van der Waals surface area (Å²) >= 11 is 0. The Labute approximate surface area is 205 Å². The number of allylic oxidation sites excluding steroid dienone is 4. The summed E-state index contributed by atoms with van der Waals surface area (Å²) in [5.41, 5.74) is 2.18. The van der Waals surface area contributed by atoms with Gasteiger partial charge in [-0.1, -0.05) is 49.5 Å². The number of methoxy groups -OCH3 is 1. The van der Waals surface area contributed by atoms with Gasteiger partial charge in [-0.05, 0) is 83.1 Å². The molecule has 0 fully saturated rings. The number of benzene rings is 1. The normalized spacial score (nSPS) is 15.4. The smallest absolute Gasteiger partial charge is 0.310 e. The van der Waals surface area contributed by atoms with E-state index in [4.69, 9.17) is 9.47 Å². The number of esters is 1. The maximum absolute atomic E-state index is 11.7. The van der Waals surface area contributed by atoms with Gasteiger partial charge < -0.3 is 19.7 Å². The summed E-state index contributed by atoms with van der Waals surface area (Å²) < 4.78 is 11.0. The Morgan fingerprint density at radius 3 is 2.62 bits per heavy atom. The van der Waals surface area contributed by atoms with Crippen LogP contribution in [0.2, 0.25) is 0 Å². The lowest BCUT2D eigenvalue weighted by molar-refractivity contribution is -0.139. The molecule has 0 saturated heterocycles. The van der Waals surface area contributed by atoms with Gasteiger partial charge in [-0.2, -0.15) is 0 Å². The molecule has 0 aromatic heterocycles. The fraction of sp³-hybridized carbons (Fsp3) is 0.483. The highest BCUT2D eigenvalue weighted by Gasteiger charge is 2.24. The van der Waals surface area contributed by atoms with Crippen molar-refractivity contribution >= 4 is 5.97 Å². The molecule has 0 spiro atoms. The van der Waals surface area contributed by atoms with Crippen LogP contribution in [-0.2, 0) is 16.0 Å². The Morgan fingerprint density at radius 1 is 1.29 bits per heavy atom. The van der Waals surface area contributed by atoms with Crippen LogP contribution in [0, 0.1) is 5.92 Å². The van der Waals surface area contributed by atoms with E-state index in [9.17, 15) is 15.0 Å². The number of carbonyl (C=O) groups is 1. The summed E-state index contributed by atoms with van der Waals surface area (Å²) in [7, 11) is 1.33. The predicted octanol–water partition coefficient (Wildman–Crippen LogP) is 6.46. The first kappa shape index (κ1) is 29.2. The number of hydrogen-bond donors (Lipinski definition) is 2. The molecule has 188 valence electrons. The lowest BCUT2D eigenvalue weighted by Crippen LogP contribution is -2.30. The van der Waals surface area contributed by atoms with Crippen molar-refractivity contribution in [2.24, 2.45) is 5.92 Å². The topological polar surface area (TPSA) is 76.0 Å². The lowest BCUT2D eigenvalue weighted by Gasteiger charge is -2.28. The van der Waals surface area contributed by atoms with E-state index in [2.05, 4.69) is 33.1 Å². The third-order valence-corrected chi connectivity index (χ3v) is 5.91. The predicted molar refractivity (Wildman–Crippen MR) is 139 cm³/mol. The number of ether oxygens (including phenoxy) is 2. The van der Waals surface area contributed by atoms with Gasteiger partial charge in [0.25, 0.3) is 0 Å². The number of hydrogen-bond acceptors (Lipinski definition) is 5. The van der Waals surface area contributed by atoms with Gasteiger partial charge in [0.1, 0.15) is 17.1 Å². The van der Waals surface area contributed by atoms with Gasteiger partial charge in [-0.25, -0.2) is 0 Å². The van der Waals surface area contributed by atoms with Crippen molar-refractivity contribution in [3.8, 4) is 11.5 Å². The zero-order valence-corrected chi connectivity index (χ0v) is 21.5. The van der Waals surface area contributed by atoms with Gasteiger partial charge in [-0.3, -0.25) is 4.79 Å². The van der Waals surface area contributed by atoms with Crippen LogP contribution >= 0.6 is 0 Å². The molecule has 3 atom stereocenters. The number of aromatic hydroxyl groups is 1. The van der Waals surface area contributed by atoms with Crippen molar-refractivity contribution in [1.82, 2.24) is 0 Å². The minimum atomic E-state index is -0.632. The summed E-state index contributed by atoms with van der Waals surface area (Å²) in [6.07, 6.45) is 11.7. The highest BCUT2D eigenvalue weighted by atomic mass is 16.5. The van der Waals surface area contributed by atoms with Crippen LogP contribution in [0.25, 0.3) is 0 Å². The Kier molecular flexibility index (Phi) is 12.4. The van der Waals surface area contributed by atoms with E-state index in [0.717, 1.165) is 31.3 Å². The first-order chi connectivity index (χ1) is 16.0. The molecule has 0 amide bonds. The fourth-order valence-electron chi connectivity index (χ4n) is 3.51. The maximum atomic E-state index is 11.7. The van der Waals surface area contributed by atoms with Crippen LogP contribution < -0.4 is 4.74 Å². The van der Waals surface area contributed by atoms with Gasteiger partial charge in [-0.15, -0.1) is 0 Å². The molecule has 5 heteroatoms. The van der Waals surface area contributed by atoms with E-state index in [1.807, 2.05) is 26.0 Å². The van der Waals surface area contributed by atoms with Crippen molar-refractivity contribution in [2.45, 2.75) is 77.9 Å². The monoisotopic (exact) mass is 470 g/mol. The lowest BCUT2D eigenvalue weighted by atomic mass is 9.95. The Morgan fingerprint density at radius 2 is 2.00 bits per heavy atom. The molecule has 0 aliphatic carbocycles. The van der Waals surface area contributed by atoms with Crippen molar-refractivity contribution in [3.05, 3.63) is 72.4 Å². The molecule has 34 heavy (non-hydrogen) atoms. The van der Waals surface area contributed by atoms with Gasteiger partial charge in [0.15, 0.2) is 0 Å². The van der Waals surface area contributed by atoms with Crippen LogP contribution in [0.3, 0.4) is 0 Å². The Hall–Kier alpha value is -2.79. The van der Waals surface area contributed by atoms with E-state index >= 15 is 0 Å². The number of carbonyl (C=O) groups excluding carboxylic acids is 1. The summed E-state index contributed by atoms with van der Waals surface area (Å²) in [5.74, 6) is 0.395. The van der Waals surface area contributed by atoms with E-state index < -0.39 is 17.7 Å². The molecule has 0 saturated carbocycles. The Balaban J connectivity index is 2.64. The second kappa shape index (κ2) is 14.5. The molecule has 1 aromatic rings. The van der Waals surface area contributed by atoms with E-state index in [1.165, 1.54) is 24.8 Å². The molecule has 0 aliphatic rings. The van der Waals surface area contributed by atoms with Crippen LogP contribution in [-0.4, -0.2) is 35.0 Å². The molecule has 0 heterocycles. The average Bonchev–Trinajstić information content (AvgIpc) is 2.79. The summed E-state index contributed by atoms with van der Waals surface area (Å²) in [6.45, 7) is 15.8. The van der Waals surface area contributed by atoms with Crippen LogP contribution in [0.15, 0.2) is 66.8 Å². The maximum Gasteiger partial charge on any atom is 0.310 e. The minimum Gasteiger partial charge on any atom is -0.508 e. The zero-order chi connectivity index (χ0) is 25.7. The third kappa shape index (κ3) is 10.9. The fourth-order valence-corrected chi connectivity index (χ4v) is 3.51. The number of phenolic OH excluding ortho intramolecular Hbond substituents is 1. The van der Waals surface area contributed by atoms with E-state index in [-0.39, 0.29) is 18.1 Å². The molecule has 0 aliphatic heterocycles.